The number of likely N-dealkylation sites (N-methyl/N-ethyl adjacent to an activating group) is 1. The Kier molecular flexibility index (Phi) is 44.2. The van der Waals surface area contributed by atoms with Crippen molar-refractivity contribution in [2.45, 2.75) is 259 Å². The number of unbranched alkanes of at least 4 members (excludes halogenated alkanes) is 20. The molecule has 1 aliphatic carbocycles. The van der Waals surface area contributed by atoms with Gasteiger partial charge in [-0.1, -0.05) is 187 Å². The van der Waals surface area contributed by atoms with Gasteiger partial charge in [0.05, 0.1) is 72.1 Å². The zero-order valence-corrected chi connectivity index (χ0v) is 51.5. The second-order valence-electron chi connectivity index (χ2n) is 22.8. The number of rotatable bonds is 47. The Labute approximate surface area is 489 Å². The molecule has 1 aliphatic heterocycles. The second kappa shape index (κ2) is 49.1. The van der Waals surface area contributed by atoms with E-state index in [9.17, 15) is 33.6 Å². The smallest absolute Gasteiger partial charge is 0.333 e. The number of nitrogens with zero attached hydrogens (tertiary/aromatic N) is 2. The van der Waals surface area contributed by atoms with E-state index >= 15 is 0 Å². The minimum Gasteiger partial charge on any atom is -0.465 e. The van der Waals surface area contributed by atoms with Crippen LogP contribution in [0.5, 0.6) is 0 Å². The summed E-state index contributed by atoms with van der Waals surface area (Å²) in [6.07, 6.45) is 33.6. The number of hydrogen-bond donors (Lipinski definition) is 0. The molecule has 3 atom stereocenters. The van der Waals surface area contributed by atoms with Crippen molar-refractivity contribution in [3.8, 4) is 0 Å². The molecule has 2 aliphatic rings. The minimum absolute atomic E-state index is 0.00718. The van der Waals surface area contributed by atoms with E-state index in [-0.39, 0.29) is 108 Å². The van der Waals surface area contributed by atoms with Gasteiger partial charge in [0.2, 0.25) is 0 Å². The Morgan fingerprint density at radius 1 is 0.494 bits per heavy atom. The monoisotopic (exact) mass is 1140 g/mol. The van der Waals surface area contributed by atoms with E-state index in [0.29, 0.717) is 26.0 Å². The van der Waals surface area contributed by atoms with E-state index in [2.05, 4.69) is 32.6 Å². The lowest BCUT2D eigenvalue weighted by molar-refractivity contribution is -0.153. The standard InChI is InChI=1S/C65H112N2O14/c1-6-10-14-18-22-30-42-75-59(68)39-37-55(65(74)78-45-33-25-21-17-13-9-4)38-40-60(69)80-53-56-35-27-26-34-54(46-57(56)47-61(70)81-58-36-28-29-41-66(5)48-58)52-79-64(73)51-67(49-62(71)76-43-31-23-19-15-11-7-2)50-63(72)77-44-32-24-20-16-12-8-3/h37,46,54,56,58H,6-36,38-45,47-53H2,1-5H3/b55-37+,57-46-/t54-,56?,58?/m1/s1. The van der Waals surface area contributed by atoms with E-state index in [1.807, 2.05) is 13.1 Å². The van der Waals surface area contributed by atoms with Crippen LogP contribution in [0.15, 0.2) is 23.3 Å². The van der Waals surface area contributed by atoms with Crippen molar-refractivity contribution in [1.82, 2.24) is 9.80 Å². The molecule has 1 saturated heterocycles. The van der Waals surface area contributed by atoms with Crippen LogP contribution in [0.3, 0.4) is 0 Å². The van der Waals surface area contributed by atoms with Gasteiger partial charge in [0.25, 0.3) is 0 Å². The summed E-state index contributed by atoms with van der Waals surface area (Å²) < 4.78 is 40.0. The first kappa shape index (κ1) is 72.8. The Morgan fingerprint density at radius 3 is 1.49 bits per heavy atom. The van der Waals surface area contributed by atoms with E-state index in [1.165, 1.54) is 36.7 Å². The maximum absolute atomic E-state index is 13.8. The molecular weight excluding hydrogens is 1030 g/mol. The van der Waals surface area contributed by atoms with Crippen molar-refractivity contribution >= 4 is 41.8 Å². The van der Waals surface area contributed by atoms with Gasteiger partial charge >= 0.3 is 41.8 Å². The molecule has 81 heavy (non-hydrogen) atoms. The molecule has 0 aromatic heterocycles. The summed E-state index contributed by atoms with van der Waals surface area (Å²) in [5.41, 5.74) is 0.956. The lowest BCUT2D eigenvalue weighted by Gasteiger charge is -2.27. The Hall–Kier alpha value is -4.31. The molecule has 0 aromatic carbocycles. The molecule has 2 unspecified atom stereocenters. The molecular formula is C65H112N2O14. The van der Waals surface area contributed by atoms with Gasteiger partial charge < -0.3 is 38.1 Å². The molecule has 0 radical (unpaired) electrons. The van der Waals surface area contributed by atoms with Crippen LogP contribution in [0.25, 0.3) is 0 Å². The third-order valence-corrected chi connectivity index (χ3v) is 15.2. The van der Waals surface area contributed by atoms with Crippen LogP contribution in [-0.2, 0) is 66.7 Å². The van der Waals surface area contributed by atoms with Gasteiger partial charge in [0.15, 0.2) is 0 Å². The lowest BCUT2D eigenvalue weighted by atomic mass is 9.84. The predicted octanol–water partition coefficient (Wildman–Crippen LogP) is 13.2. The van der Waals surface area contributed by atoms with E-state index in [4.69, 9.17) is 33.2 Å². The number of ether oxygens (including phenoxy) is 7. The number of carbonyl (C=O) groups excluding carboxylic acids is 7. The summed E-state index contributed by atoms with van der Waals surface area (Å²) in [7, 11) is 2.02. The van der Waals surface area contributed by atoms with Crippen molar-refractivity contribution in [2.75, 3.05) is 79.4 Å². The average molecular weight is 1150 g/mol. The molecule has 2 rings (SSSR count). The van der Waals surface area contributed by atoms with Crippen LogP contribution in [0, 0.1) is 11.8 Å². The lowest BCUT2D eigenvalue weighted by Crippen LogP contribution is -2.40. The highest BCUT2D eigenvalue weighted by molar-refractivity contribution is 5.90. The highest BCUT2D eigenvalue weighted by Crippen LogP contribution is 2.30. The summed E-state index contributed by atoms with van der Waals surface area (Å²) >= 11 is 0. The van der Waals surface area contributed by atoms with E-state index in [0.717, 1.165) is 173 Å². The first-order valence-corrected chi connectivity index (χ1v) is 32.3. The van der Waals surface area contributed by atoms with Gasteiger partial charge in [-0.25, -0.2) is 4.79 Å². The van der Waals surface area contributed by atoms with Gasteiger partial charge in [-0.15, -0.1) is 0 Å². The van der Waals surface area contributed by atoms with Gasteiger partial charge in [-0.2, -0.15) is 0 Å². The van der Waals surface area contributed by atoms with Crippen LogP contribution in [0.4, 0.5) is 0 Å². The van der Waals surface area contributed by atoms with Crippen LogP contribution >= 0.6 is 0 Å². The van der Waals surface area contributed by atoms with Gasteiger partial charge in [-0.05, 0) is 77.8 Å². The van der Waals surface area contributed by atoms with Crippen molar-refractivity contribution in [3.05, 3.63) is 23.3 Å². The minimum atomic E-state index is -0.619. The number of esters is 7. The second-order valence-corrected chi connectivity index (χ2v) is 22.8. The average Bonchev–Trinajstić information content (AvgIpc) is 3.65. The van der Waals surface area contributed by atoms with Gasteiger partial charge in [0.1, 0.15) is 6.10 Å². The maximum Gasteiger partial charge on any atom is 0.333 e. The highest BCUT2D eigenvalue weighted by atomic mass is 16.6. The molecule has 16 heteroatoms. The van der Waals surface area contributed by atoms with Crippen molar-refractivity contribution in [1.29, 1.82) is 0 Å². The van der Waals surface area contributed by atoms with Gasteiger partial charge in [-0.3, -0.25) is 33.7 Å². The third-order valence-electron chi connectivity index (χ3n) is 15.2. The molecule has 1 fully saturated rings. The fraction of sp³-hybridized carbons (Fsp3) is 0.831. The predicted molar refractivity (Wildman–Crippen MR) is 317 cm³/mol. The van der Waals surface area contributed by atoms with Crippen molar-refractivity contribution < 1.29 is 66.7 Å². The van der Waals surface area contributed by atoms with Crippen LogP contribution < -0.4 is 0 Å². The van der Waals surface area contributed by atoms with Crippen molar-refractivity contribution in [3.63, 3.8) is 0 Å². The molecule has 1 heterocycles. The Bertz CT molecular complexity index is 1750. The van der Waals surface area contributed by atoms with Crippen molar-refractivity contribution in [2.24, 2.45) is 11.8 Å². The van der Waals surface area contributed by atoms with E-state index < -0.39 is 35.8 Å². The Morgan fingerprint density at radius 2 is 0.951 bits per heavy atom. The number of hydrogen-bond acceptors (Lipinski definition) is 16. The quantitative estimate of drug-likeness (QED) is 0.0184. The fourth-order valence-electron chi connectivity index (χ4n) is 10.3. The molecule has 0 N–H and O–H groups in total. The van der Waals surface area contributed by atoms with Crippen LogP contribution in [-0.4, -0.2) is 137 Å². The third kappa shape index (κ3) is 39.7. The van der Waals surface area contributed by atoms with E-state index in [1.54, 1.807) is 0 Å². The first-order chi connectivity index (χ1) is 39.4. The fourth-order valence-corrected chi connectivity index (χ4v) is 10.3. The number of carbonyl (C=O) groups is 7. The highest BCUT2D eigenvalue weighted by Gasteiger charge is 2.28. The SMILES string of the molecule is CCCCCCCCOC(=O)C/C=C(\CCC(=O)OCC1CCCC[C@@H](COC(=O)CN(CC(=O)OCCCCCCCC)CC(=O)OCCCCCCCC)/C=C\1CC(=O)OC1CCCCN(C)C1)C(=O)OCCCCCCCC. The largest absolute Gasteiger partial charge is 0.465 e. The summed E-state index contributed by atoms with van der Waals surface area (Å²) in [5.74, 6) is -4.23. The summed E-state index contributed by atoms with van der Waals surface area (Å²) in [5, 5.41) is 0. The maximum atomic E-state index is 13.8. The molecule has 0 spiro atoms. The van der Waals surface area contributed by atoms with Gasteiger partial charge in [0, 0.05) is 30.4 Å². The summed E-state index contributed by atoms with van der Waals surface area (Å²) in [6, 6.07) is 0. The normalized spacial score (nSPS) is 17.7. The Balaban J connectivity index is 2.21. The van der Waals surface area contributed by atoms with Crippen LogP contribution in [0.2, 0.25) is 0 Å². The molecule has 16 nitrogen and oxygen atoms in total. The topological polar surface area (TPSA) is 191 Å². The summed E-state index contributed by atoms with van der Waals surface area (Å²) in [6.45, 7) is 10.4. The summed E-state index contributed by atoms with van der Waals surface area (Å²) in [4.78, 5) is 96.7. The molecule has 0 aromatic rings. The van der Waals surface area contributed by atoms with Crippen LogP contribution in [0.1, 0.15) is 252 Å². The number of likely N-dealkylation sites (tertiary alicyclic amines) is 1. The molecule has 0 amide bonds. The first-order valence-electron chi connectivity index (χ1n) is 32.3. The molecule has 0 bridgehead atoms. The molecule has 466 valence electrons. The molecule has 0 saturated carbocycles. The zero-order chi connectivity index (χ0) is 59.0. The zero-order valence-electron chi connectivity index (χ0n) is 51.5.